The number of nitrogens with zero attached hydrogens (tertiary/aromatic N) is 1. The Morgan fingerprint density at radius 1 is 1.21 bits per heavy atom. The fourth-order valence-corrected chi connectivity index (χ4v) is 2.11. The van der Waals surface area contributed by atoms with Crippen molar-refractivity contribution in [3.8, 4) is 11.4 Å². The molecule has 1 amide bonds. The molecule has 19 heavy (non-hydrogen) atoms. The van der Waals surface area contributed by atoms with Crippen LogP contribution in [0.25, 0.3) is 22.4 Å². The van der Waals surface area contributed by atoms with Crippen LogP contribution in [0.4, 0.5) is 0 Å². The molecule has 0 atom stereocenters. The standard InChI is InChI=1S/C14H10ClN3O/c15-10-4-5-11-12(7-10)18-14(17-11)9-3-1-2-8(6-9)13(16)19/h1-7H,(H2,16,19)(H,17,18). The molecule has 3 N–H and O–H groups in total. The summed E-state index contributed by atoms with van der Waals surface area (Å²) in [7, 11) is 0. The Labute approximate surface area is 114 Å². The van der Waals surface area contributed by atoms with Gasteiger partial charge in [-0.05, 0) is 30.3 Å². The second-order valence-corrected chi connectivity index (χ2v) is 4.63. The Morgan fingerprint density at radius 2 is 2.05 bits per heavy atom. The van der Waals surface area contributed by atoms with Crippen molar-refractivity contribution in [2.24, 2.45) is 5.73 Å². The van der Waals surface area contributed by atoms with E-state index in [1.165, 1.54) is 0 Å². The van der Waals surface area contributed by atoms with Crippen LogP contribution in [0, 0.1) is 0 Å². The molecule has 0 bridgehead atoms. The molecule has 94 valence electrons. The van der Waals surface area contributed by atoms with Crippen molar-refractivity contribution in [3.05, 3.63) is 53.1 Å². The van der Waals surface area contributed by atoms with Gasteiger partial charge in [0.05, 0.1) is 11.0 Å². The van der Waals surface area contributed by atoms with E-state index in [9.17, 15) is 4.79 Å². The van der Waals surface area contributed by atoms with E-state index >= 15 is 0 Å². The largest absolute Gasteiger partial charge is 0.366 e. The summed E-state index contributed by atoms with van der Waals surface area (Å²) in [6.45, 7) is 0. The lowest BCUT2D eigenvalue weighted by Crippen LogP contribution is -2.10. The number of primary amides is 1. The first-order chi connectivity index (χ1) is 9.13. The van der Waals surface area contributed by atoms with Gasteiger partial charge >= 0.3 is 0 Å². The number of halogens is 1. The molecule has 1 aromatic heterocycles. The third-order valence-electron chi connectivity index (χ3n) is 2.86. The van der Waals surface area contributed by atoms with Gasteiger partial charge in [-0.3, -0.25) is 4.79 Å². The quantitative estimate of drug-likeness (QED) is 0.752. The second kappa shape index (κ2) is 4.40. The molecular formula is C14H10ClN3O. The van der Waals surface area contributed by atoms with Gasteiger partial charge in [0.2, 0.25) is 5.91 Å². The number of nitrogens with two attached hydrogens (primary N) is 1. The fraction of sp³-hybridized carbons (Fsp3) is 0. The van der Waals surface area contributed by atoms with Gasteiger partial charge in [0, 0.05) is 16.1 Å². The molecule has 5 heteroatoms. The number of rotatable bonds is 2. The normalized spacial score (nSPS) is 10.8. The number of hydrogen-bond acceptors (Lipinski definition) is 2. The van der Waals surface area contributed by atoms with Crippen LogP contribution in [-0.4, -0.2) is 15.9 Å². The van der Waals surface area contributed by atoms with E-state index in [4.69, 9.17) is 17.3 Å². The summed E-state index contributed by atoms with van der Waals surface area (Å²) in [6.07, 6.45) is 0. The zero-order valence-corrected chi connectivity index (χ0v) is 10.6. The van der Waals surface area contributed by atoms with Crippen molar-refractivity contribution in [2.45, 2.75) is 0 Å². The molecule has 0 unspecified atom stereocenters. The van der Waals surface area contributed by atoms with Gasteiger partial charge in [-0.15, -0.1) is 0 Å². The summed E-state index contributed by atoms with van der Waals surface area (Å²) in [5.41, 5.74) is 8.21. The van der Waals surface area contributed by atoms with Crippen molar-refractivity contribution in [2.75, 3.05) is 0 Å². The highest BCUT2D eigenvalue weighted by molar-refractivity contribution is 6.31. The molecule has 0 aliphatic heterocycles. The number of H-pyrrole nitrogens is 1. The zero-order chi connectivity index (χ0) is 13.4. The molecule has 0 saturated heterocycles. The Bertz CT molecular complexity index is 779. The molecule has 3 rings (SSSR count). The molecule has 0 aliphatic rings. The molecule has 0 saturated carbocycles. The van der Waals surface area contributed by atoms with Gasteiger partial charge in [0.1, 0.15) is 5.82 Å². The lowest BCUT2D eigenvalue weighted by Gasteiger charge is -1.99. The van der Waals surface area contributed by atoms with E-state index in [1.54, 1.807) is 24.3 Å². The third-order valence-corrected chi connectivity index (χ3v) is 3.10. The third kappa shape index (κ3) is 2.18. The minimum atomic E-state index is -0.457. The van der Waals surface area contributed by atoms with Crippen molar-refractivity contribution >= 4 is 28.5 Å². The summed E-state index contributed by atoms with van der Waals surface area (Å²) in [4.78, 5) is 18.8. The number of nitrogens with one attached hydrogen (secondary N) is 1. The predicted molar refractivity (Wildman–Crippen MR) is 75.1 cm³/mol. The minimum Gasteiger partial charge on any atom is -0.366 e. The van der Waals surface area contributed by atoms with Crippen LogP contribution < -0.4 is 5.73 Å². The lowest BCUT2D eigenvalue weighted by atomic mass is 10.1. The van der Waals surface area contributed by atoms with Crippen LogP contribution in [-0.2, 0) is 0 Å². The number of benzene rings is 2. The van der Waals surface area contributed by atoms with Gasteiger partial charge < -0.3 is 10.7 Å². The number of carbonyl (C=O) groups excluding carboxylic acids is 1. The molecule has 2 aromatic carbocycles. The topological polar surface area (TPSA) is 71.8 Å². The summed E-state index contributed by atoms with van der Waals surface area (Å²) >= 11 is 5.93. The average Bonchev–Trinajstić information content (AvgIpc) is 2.81. The number of hydrogen-bond donors (Lipinski definition) is 2. The maximum absolute atomic E-state index is 11.2. The highest BCUT2D eigenvalue weighted by atomic mass is 35.5. The Kier molecular flexibility index (Phi) is 2.72. The van der Waals surface area contributed by atoms with E-state index in [2.05, 4.69) is 9.97 Å². The molecule has 4 nitrogen and oxygen atoms in total. The zero-order valence-electron chi connectivity index (χ0n) is 9.85. The van der Waals surface area contributed by atoms with E-state index in [-0.39, 0.29) is 0 Å². The highest BCUT2D eigenvalue weighted by Crippen LogP contribution is 2.23. The Balaban J connectivity index is 2.13. The maximum Gasteiger partial charge on any atom is 0.248 e. The van der Waals surface area contributed by atoms with Crippen LogP contribution in [0.1, 0.15) is 10.4 Å². The minimum absolute atomic E-state index is 0.455. The number of aromatic amines is 1. The van der Waals surface area contributed by atoms with Crippen LogP contribution in [0.3, 0.4) is 0 Å². The SMILES string of the molecule is NC(=O)c1cccc(-c2nc3ccc(Cl)cc3[nH]2)c1. The maximum atomic E-state index is 11.2. The van der Waals surface area contributed by atoms with Crippen molar-refractivity contribution < 1.29 is 4.79 Å². The van der Waals surface area contributed by atoms with Crippen LogP contribution in [0.2, 0.25) is 5.02 Å². The number of imidazole rings is 1. The van der Waals surface area contributed by atoms with Gasteiger partial charge in [0.15, 0.2) is 0 Å². The first-order valence-electron chi connectivity index (χ1n) is 5.69. The monoisotopic (exact) mass is 271 g/mol. The second-order valence-electron chi connectivity index (χ2n) is 4.19. The average molecular weight is 272 g/mol. The number of fused-ring (bicyclic) bond motifs is 1. The van der Waals surface area contributed by atoms with Crippen LogP contribution in [0.5, 0.6) is 0 Å². The summed E-state index contributed by atoms with van der Waals surface area (Å²) in [6, 6.07) is 12.5. The molecule has 0 aliphatic carbocycles. The Hall–Kier alpha value is -2.33. The van der Waals surface area contributed by atoms with E-state index in [1.807, 2.05) is 18.2 Å². The van der Waals surface area contributed by atoms with E-state index in [0.717, 1.165) is 16.6 Å². The smallest absolute Gasteiger partial charge is 0.248 e. The molecule has 1 heterocycles. The first kappa shape index (κ1) is 11.7. The van der Waals surface area contributed by atoms with Gasteiger partial charge in [-0.1, -0.05) is 23.7 Å². The Morgan fingerprint density at radius 3 is 2.84 bits per heavy atom. The summed E-state index contributed by atoms with van der Waals surface area (Å²) < 4.78 is 0. The fourth-order valence-electron chi connectivity index (χ4n) is 1.94. The van der Waals surface area contributed by atoms with Crippen molar-refractivity contribution in [1.82, 2.24) is 9.97 Å². The predicted octanol–water partition coefficient (Wildman–Crippen LogP) is 2.98. The lowest BCUT2D eigenvalue weighted by molar-refractivity contribution is 0.100. The molecule has 0 spiro atoms. The van der Waals surface area contributed by atoms with Crippen LogP contribution >= 0.6 is 11.6 Å². The van der Waals surface area contributed by atoms with E-state index in [0.29, 0.717) is 16.4 Å². The van der Waals surface area contributed by atoms with Crippen molar-refractivity contribution in [1.29, 1.82) is 0 Å². The number of carbonyl (C=O) groups is 1. The first-order valence-corrected chi connectivity index (χ1v) is 6.07. The van der Waals surface area contributed by atoms with Gasteiger partial charge in [0.25, 0.3) is 0 Å². The summed E-state index contributed by atoms with van der Waals surface area (Å²) in [5.74, 6) is 0.223. The highest BCUT2D eigenvalue weighted by Gasteiger charge is 2.08. The number of aromatic nitrogens is 2. The van der Waals surface area contributed by atoms with E-state index < -0.39 is 5.91 Å². The molecular weight excluding hydrogens is 262 g/mol. The number of amides is 1. The van der Waals surface area contributed by atoms with Crippen molar-refractivity contribution in [3.63, 3.8) is 0 Å². The molecule has 3 aromatic rings. The molecule has 0 radical (unpaired) electrons. The summed E-state index contributed by atoms with van der Waals surface area (Å²) in [5, 5.41) is 0.647. The van der Waals surface area contributed by atoms with Crippen LogP contribution in [0.15, 0.2) is 42.5 Å². The van der Waals surface area contributed by atoms with Gasteiger partial charge in [-0.2, -0.15) is 0 Å². The molecule has 0 fully saturated rings. The van der Waals surface area contributed by atoms with Gasteiger partial charge in [-0.25, -0.2) is 4.98 Å².